The Hall–Kier alpha value is -2.56. The second kappa shape index (κ2) is 9.07. The quantitative estimate of drug-likeness (QED) is 0.761. The largest absolute Gasteiger partial charge is 0.466 e. The summed E-state index contributed by atoms with van der Waals surface area (Å²) in [7, 11) is 0. The molecule has 5 heteroatoms. The Labute approximate surface area is 179 Å². The van der Waals surface area contributed by atoms with Gasteiger partial charge in [-0.15, -0.1) is 0 Å². The highest BCUT2D eigenvalue weighted by atomic mass is 16.3. The summed E-state index contributed by atoms with van der Waals surface area (Å²) in [4.78, 5) is 30.0. The average Bonchev–Trinajstić information content (AvgIpc) is 3.12. The van der Waals surface area contributed by atoms with Gasteiger partial charge in [-0.3, -0.25) is 9.59 Å². The average molecular weight is 409 g/mol. The van der Waals surface area contributed by atoms with Crippen molar-refractivity contribution in [1.82, 2.24) is 9.80 Å². The Morgan fingerprint density at radius 3 is 2.40 bits per heavy atom. The summed E-state index contributed by atoms with van der Waals surface area (Å²) in [5.74, 6) is 2.19. The summed E-state index contributed by atoms with van der Waals surface area (Å²) < 4.78 is 5.53. The lowest BCUT2D eigenvalue weighted by Gasteiger charge is -2.38. The van der Waals surface area contributed by atoms with Crippen LogP contribution in [-0.4, -0.2) is 47.8 Å². The molecule has 2 fully saturated rings. The van der Waals surface area contributed by atoms with Crippen LogP contribution in [0.25, 0.3) is 0 Å². The number of piperidine rings is 2. The van der Waals surface area contributed by atoms with Gasteiger partial charge in [0.1, 0.15) is 11.5 Å². The third-order valence-electron chi connectivity index (χ3n) is 6.62. The van der Waals surface area contributed by atoms with E-state index in [4.69, 9.17) is 4.42 Å². The number of aryl methyl sites for hydroxylation is 2. The standard InChI is InChI=1S/C25H32N2O3/c1-18-15-23(19(2)30-18)25(29)27-12-6-9-22(17-27)24(28)26-13-10-21(11-14-26)16-20-7-4-3-5-8-20/h3-5,7-8,15,21-22H,6,9-14,16-17H2,1-2H3. The molecular formula is C25H32N2O3. The van der Waals surface area contributed by atoms with Gasteiger partial charge in [-0.1, -0.05) is 30.3 Å². The van der Waals surface area contributed by atoms with Gasteiger partial charge in [0.25, 0.3) is 5.91 Å². The molecule has 0 aliphatic carbocycles. The molecule has 0 saturated carbocycles. The summed E-state index contributed by atoms with van der Waals surface area (Å²) in [6.45, 7) is 6.58. The molecule has 1 atom stereocenters. The number of nitrogens with zero attached hydrogens (tertiary/aromatic N) is 2. The van der Waals surface area contributed by atoms with E-state index in [1.165, 1.54) is 5.56 Å². The fourth-order valence-corrected chi connectivity index (χ4v) is 4.94. The Bertz CT molecular complexity index is 881. The molecule has 0 radical (unpaired) electrons. The zero-order valence-corrected chi connectivity index (χ0v) is 18.1. The summed E-state index contributed by atoms with van der Waals surface area (Å²) in [5, 5.41) is 0. The Morgan fingerprint density at radius 1 is 1.00 bits per heavy atom. The second-order valence-corrected chi connectivity index (χ2v) is 8.88. The molecule has 4 rings (SSSR count). The molecule has 0 bridgehead atoms. The van der Waals surface area contributed by atoms with Crippen LogP contribution in [0.4, 0.5) is 0 Å². The first-order chi connectivity index (χ1) is 14.5. The van der Waals surface area contributed by atoms with Gasteiger partial charge in [0.15, 0.2) is 0 Å². The lowest BCUT2D eigenvalue weighted by Crippen LogP contribution is -2.48. The minimum absolute atomic E-state index is 0.0107. The number of rotatable bonds is 4. The predicted octanol–water partition coefficient (Wildman–Crippen LogP) is 4.23. The molecule has 0 spiro atoms. The van der Waals surface area contributed by atoms with E-state index in [0.29, 0.717) is 30.3 Å². The van der Waals surface area contributed by atoms with Crippen molar-refractivity contribution in [2.24, 2.45) is 11.8 Å². The van der Waals surface area contributed by atoms with E-state index in [-0.39, 0.29) is 17.7 Å². The van der Waals surface area contributed by atoms with Gasteiger partial charge in [-0.05, 0) is 63.5 Å². The predicted molar refractivity (Wildman–Crippen MR) is 116 cm³/mol. The van der Waals surface area contributed by atoms with E-state index in [0.717, 1.165) is 51.0 Å². The molecule has 1 aromatic carbocycles. The fraction of sp³-hybridized carbons (Fsp3) is 0.520. The first-order valence-electron chi connectivity index (χ1n) is 11.2. The van der Waals surface area contributed by atoms with E-state index in [9.17, 15) is 9.59 Å². The van der Waals surface area contributed by atoms with Gasteiger partial charge in [0, 0.05) is 26.2 Å². The van der Waals surface area contributed by atoms with Gasteiger partial charge >= 0.3 is 0 Å². The van der Waals surface area contributed by atoms with E-state index < -0.39 is 0 Å². The number of furan rings is 1. The first-order valence-corrected chi connectivity index (χ1v) is 11.2. The van der Waals surface area contributed by atoms with Crippen molar-refractivity contribution in [1.29, 1.82) is 0 Å². The van der Waals surface area contributed by atoms with Crippen molar-refractivity contribution >= 4 is 11.8 Å². The third kappa shape index (κ3) is 4.61. The number of carbonyl (C=O) groups is 2. The zero-order valence-electron chi connectivity index (χ0n) is 18.1. The van der Waals surface area contributed by atoms with E-state index in [2.05, 4.69) is 30.3 Å². The van der Waals surface area contributed by atoms with Crippen LogP contribution >= 0.6 is 0 Å². The molecule has 3 heterocycles. The van der Waals surface area contributed by atoms with E-state index in [1.54, 1.807) is 6.07 Å². The van der Waals surface area contributed by atoms with Gasteiger partial charge in [-0.25, -0.2) is 0 Å². The highest BCUT2D eigenvalue weighted by Gasteiger charge is 2.33. The normalized spacial score (nSPS) is 20.4. The Morgan fingerprint density at radius 2 is 1.73 bits per heavy atom. The van der Waals surface area contributed by atoms with Crippen LogP contribution in [0.5, 0.6) is 0 Å². The summed E-state index contributed by atoms with van der Waals surface area (Å²) in [5.41, 5.74) is 2.01. The van der Waals surface area contributed by atoms with Crippen molar-refractivity contribution < 1.29 is 14.0 Å². The number of likely N-dealkylation sites (tertiary alicyclic amines) is 2. The molecule has 0 N–H and O–H groups in total. The van der Waals surface area contributed by atoms with Crippen molar-refractivity contribution in [3.63, 3.8) is 0 Å². The maximum Gasteiger partial charge on any atom is 0.257 e. The molecule has 160 valence electrons. The van der Waals surface area contributed by atoms with E-state index in [1.807, 2.05) is 23.6 Å². The van der Waals surface area contributed by atoms with Crippen LogP contribution in [-0.2, 0) is 11.2 Å². The molecule has 2 aromatic rings. The van der Waals surface area contributed by atoms with Crippen molar-refractivity contribution in [2.75, 3.05) is 26.2 Å². The third-order valence-corrected chi connectivity index (χ3v) is 6.62. The van der Waals surface area contributed by atoms with Gasteiger partial charge in [-0.2, -0.15) is 0 Å². The molecule has 2 saturated heterocycles. The number of benzene rings is 1. The number of hydrogen-bond donors (Lipinski definition) is 0. The van der Waals surface area contributed by atoms with E-state index >= 15 is 0 Å². The van der Waals surface area contributed by atoms with Gasteiger partial charge < -0.3 is 14.2 Å². The van der Waals surface area contributed by atoms with Crippen LogP contribution in [0.1, 0.15) is 53.1 Å². The Kier molecular flexibility index (Phi) is 6.26. The lowest BCUT2D eigenvalue weighted by molar-refractivity contribution is -0.138. The molecule has 5 nitrogen and oxygen atoms in total. The summed E-state index contributed by atoms with van der Waals surface area (Å²) >= 11 is 0. The molecular weight excluding hydrogens is 376 g/mol. The minimum Gasteiger partial charge on any atom is -0.466 e. The van der Waals surface area contributed by atoms with Crippen LogP contribution < -0.4 is 0 Å². The first kappa shape index (κ1) is 20.7. The topological polar surface area (TPSA) is 53.8 Å². The van der Waals surface area contributed by atoms with Gasteiger partial charge in [0.05, 0.1) is 11.5 Å². The molecule has 30 heavy (non-hydrogen) atoms. The van der Waals surface area contributed by atoms with Crippen molar-refractivity contribution in [2.45, 2.75) is 46.0 Å². The lowest BCUT2D eigenvalue weighted by atomic mass is 9.89. The molecule has 2 aliphatic rings. The van der Waals surface area contributed by atoms with Crippen LogP contribution in [0.15, 0.2) is 40.8 Å². The SMILES string of the molecule is Cc1cc(C(=O)N2CCCC(C(=O)N3CCC(Cc4ccccc4)CC3)C2)c(C)o1. The maximum absolute atomic E-state index is 13.2. The number of carbonyl (C=O) groups excluding carboxylic acids is 2. The summed E-state index contributed by atoms with van der Waals surface area (Å²) in [6, 6.07) is 12.4. The zero-order chi connectivity index (χ0) is 21.1. The second-order valence-electron chi connectivity index (χ2n) is 8.88. The smallest absolute Gasteiger partial charge is 0.257 e. The van der Waals surface area contributed by atoms with Crippen LogP contribution in [0.3, 0.4) is 0 Å². The van der Waals surface area contributed by atoms with Crippen LogP contribution in [0, 0.1) is 25.7 Å². The number of amides is 2. The number of hydrogen-bond acceptors (Lipinski definition) is 3. The molecule has 2 amide bonds. The molecule has 1 unspecified atom stereocenters. The monoisotopic (exact) mass is 408 g/mol. The van der Waals surface area contributed by atoms with Crippen LogP contribution in [0.2, 0.25) is 0 Å². The van der Waals surface area contributed by atoms with Crippen molar-refractivity contribution in [3.8, 4) is 0 Å². The highest BCUT2D eigenvalue weighted by Crippen LogP contribution is 2.26. The highest BCUT2D eigenvalue weighted by molar-refractivity contribution is 5.95. The molecule has 2 aliphatic heterocycles. The Balaban J connectivity index is 1.31. The fourth-order valence-electron chi connectivity index (χ4n) is 4.94. The van der Waals surface area contributed by atoms with Crippen molar-refractivity contribution in [3.05, 3.63) is 59.0 Å². The summed E-state index contributed by atoms with van der Waals surface area (Å²) in [6.07, 6.45) is 4.96. The molecule has 1 aromatic heterocycles. The maximum atomic E-state index is 13.2. The minimum atomic E-state index is -0.0818. The van der Waals surface area contributed by atoms with Gasteiger partial charge in [0.2, 0.25) is 5.91 Å².